The molecule has 2 aromatic carbocycles. The number of halogens is 2. The van der Waals surface area contributed by atoms with Gasteiger partial charge in [-0.25, -0.2) is 0 Å². The molecule has 0 radical (unpaired) electrons. The lowest BCUT2D eigenvalue weighted by molar-refractivity contribution is -0.122. The number of anilines is 2. The van der Waals surface area contributed by atoms with Crippen LogP contribution in [0.4, 0.5) is 11.4 Å². The van der Waals surface area contributed by atoms with E-state index in [4.69, 9.17) is 23.2 Å². The van der Waals surface area contributed by atoms with Crippen LogP contribution in [0.3, 0.4) is 0 Å². The second-order valence-corrected chi connectivity index (χ2v) is 7.06. The van der Waals surface area contributed by atoms with E-state index >= 15 is 0 Å². The highest BCUT2D eigenvalue weighted by molar-refractivity contribution is 6.42. The van der Waals surface area contributed by atoms with Crippen LogP contribution in [-0.2, 0) is 9.59 Å². The molecule has 0 bridgehead atoms. The van der Waals surface area contributed by atoms with E-state index in [1.807, 2.05) is 32.0 Å². The predicted molar refractivity (Wildman–Crippen MR) is 101 cm³/mol. The van der Waals surface area contributed by atoms with E-state index in [2.05, 4.69) is 5.32 Å². The third kappa shape index (κ3) is 3.65. The molecule has 0 saturated carbocycles. The number of carbonyl (C=O) groups is 2. The van der Waals surface area contributed by atoms with Crippen LogP contribution in [0.1, 0.15) is 17.5 Å². The van der Waals surface area contributed by atoms with Crippen molar-refractivity contribution in [2.75, 3.05) is 16.8 Å². The van der Waals surface area contributed by atoms with Crippen molar-refractivity contribution in [3.05, 3.63) is 57.6 Å². The first-order chi connectivity index (χ1) is 11.9. The Hall–Kier alpha value is -2.04. The molecule has 1 fully saturated rings. The molecule has 1 aliphatic heterocycles. The van der Waals surface area contributed by atoms with Crippen LogP contribution in [0, 0.1) is 19.8 Å². The summed E-state index contributed by atoms with van der Waals surface area (Å²) in [6.45, 7) is 4.37. The van der Waals surface area contributed by atoms with Gasteiger partial charge in [-0.05, 0) is 49.2 Å². The van der Waals surface area contributed by atoms with Gasteiger partial charge in [0.25, 0.3) is 0 Å². The normalized spacial score (nSPS) is 17.0. The molecule has 2 aromatic rings. The first-order valence-corrected chi connectivity index (χ1v) is 8.75. The standard InChI is InChI=1S/C19H18Cl2N2O2/c1-11-4-3-5-17(12(11)2)23-10-13(8-18(23)24)19(25)22-14-6-7-15(20)16(21)9-14/h3-7,9,13H,8,10H2,1-2H3,(H,22,25)/t13-/m1/s1. The van der Waals surface area contributed by atoms with E-state index in [-0.39, 0.29) is 18.2 Å². The molecule has 130 valence electrons. The third-order valence-electron chi connectivity index (χ3n) is 4.55. The summed E-state index contributed by atoms with van der Waals surface area (Å²) >= 11 is 11.9. The summed E-state index contributed by atoms with van der Waals surface area (Å²) in [7, 11) is 0. The molecule has 25 heavy (non-hydrogen) atoms. The summed E-state index contributed by atoms with van der Waals surface area (Å²) in [5.74, 6) is -0.635. The highest BCUT2D eigenvalue weighted by atomic mass is 35.5. The number of carbonyl (C=O) groups excluding carboxylic acids is 2. The van der Waals surface area contributed by atoms with E-state index in [1.54, 1.807) is 23.1 Å². The van der Waals surface area contributed by atoms with Crippen LogP contribution in [-0.4, -0.2) is 18.4 Å². The smallest absolute Gasteiger partial charge is 0.229 e. The molecule has 4 nitrogen and oxygen atoms in total. The van der Waals surface area contributed by atoms with Crippen LogP contribution in [0.15, 0.2) is 36.4 Å². The van der Waals surface area contributed by atoms with Crippen molar-refractivity contribution in [2.24, 2.45) is 5.92 Å². The molecule has 1 aliphatic rings. The van der Waals surface area contributed by atoms with Gasteiger partial charge < -0.3 is 10.2 Å². The van der Waals surface area contributed by atoms with Crippen molar-refractivity contribution in [3.8, 4) is 0 Å². The molecule has 6 heteroatoms. The van der Waals surface area contributed by atoms with Crippen LogP contribution in [0.2, 0.25) is 10.0 Å². The Morgan fingerprint density at radius 3 is 2.64 bits per heavy atom. The zero-order valence-corrected chi connectivity index (χ0v) is 15.5. The van der Waals surface area contributed by atoms with Crippen molar-refractivity contribution < 1.29 is 9.59 Å². The molecule has 0 aromatic heterocycles. The Morgan fingerprint density at radius 2 is 1.92 bits per heavy atom. The highest BCUT2D eigenvalue weighted by Gasteiger charge is 2.35. The minimum absolute atomic E-state index is 0.0389. The summed E-state index contributed by atoms with van der Waals surface area (Å²) in [5, 5.41) is 3.61. The zero-order chi connectivity index (χ0) is 18.1. The molecule has 2 amide bonds. The summed E-state index contributed by atoms with van der Waals surface area (Å²) < 4.78 is 0. The van der Waals surface area contributed by atoms with Crippen molar-refractivity contribution in [2.45, 2.75) is 20.3 Å². The fourth-order valence-electron chi connectivity index (χ4n) is 2.96. The molecule has 1 saturated heterocycles. The SMILES string of the molecule is Cc1cccc(N2C[C@H](C(=O)Nc3ccc(Cl)c(Cl)c3)CC2=O)c1C. The first-order valence-electron chi connectivity index (χ1n) is 7.99. The molecule has 0 unspecified atom stereocenters. The number of aryl methyl sites for hydroxylation is 1. The van der Waals surface area contributed by atoms with Crippen molar-refractivity contribution >= 4 is 46.4 Å². The van der Waals surface area contributed by atoms with Crippen LogP contribution in [0.25, 0.3) is 0 Å². The second-order valence-electron chi connectivity index (χ2n) is 6.24. The lowest BCUT2D eigenvalue weighted by Crippen LogP contribution is -2.28. The van der Waals surface area contributed by atoms with E-state index in [9.17, 15) is 9.59 Å². The van der Waals surface area contributed by atoms with Crippen molar-refractivity contribution in [3.63, 3.8) is 0 Å². The molecule has 3 rings (SSSR count). The zero-order valence-electron chi connectivity index (χ0n) is 14.0. The van der Waals surface area contributed by atoms with E-state index in [0.717, 1.165) is 16.8 Å². The maximum Gasteiger partial charge on any atom is 0.229 e. The summed E-state index contributed by atoms with van der Waals surface area (Å²) in [6.07, 6.45) is 0.195. The van der Waals surface area contributed by atoms with E-state index in [1.165, 1.54) is 0 Å². The Balaban J connectivity index is 1.74. The van der Waals surface area contributed by atoms with Gasteiger partial charge in [-0.1, -0.05) is 35.3 Å². The molecular weight excluding hydrogens is 359 g/mol. The number of hydrogen-bond acceptors (Lipinski definition) is 2. The Morgan fingerprint density at radius 1 is 1.16 bits per heavy atom. The third-order valence-corrected chi connectivity index (χ3v) is 5.29. The highest BCUT2D eigenvalue weighted by Crippen LogP contribution is 2.30. The van der Waals surface area contributed by atoms with Crippen LogP contribution < -0.4 is 10.2 Å². The van der Waals surface area contributed by atoms with Gasteiger partial charge in [0.15, 0.2) is 0 Å². The lowest BCUT2D eigenvalue weighted by Gasteiger charge is -2.20. The maximum absolute atomic E-state index is 12.5. The van der Waals surface area contributed by atoms with Gasteiger partial charge in [-0.2, -0.15) is 0 Å². The van der Waals surface area contributed by atoms with Crippen LogP contribution in [0.5, 0.6) is 0 Å². The van der Waals surface area contributed by atoms with Gasteiger partial charge in [0, 0.05) is 24.3 Å². The number of nitrogens with one attached hydrogen (secondary N) is 1. The molecule has 0 spiro atoms. The molecule has 1 heterocycles. The summed E-state index contributed by atoms with van der Waals surface area (Å²) in [4.78, 5) is 26.6. The van der Waals surface area contributed by atoms with Crippen molar-refractivity contribution in [1.82, 2.24) is 0 Å². The average Bonchev–Trinajstić information content (AvgIpc) is 2.95. The Bertz CT molecular complexity index is 851. The number of benzene rings is 2. The largest absolute Gasteiger partial charge is 0.326 e. The second kappa shape index (κ2) is 7.06. The number of amides is 2. The fourth-order valence-corrected chi connectivity index (χ4v) is 3.26. The van der Waals surface area contributed by atoms with Gasteiger partial charge in [-0.15, -0.1) is 0 Å². The monoisotopic (exact) mass is 376 g/mol. The van der Waals surface area contributed by atoms with Gasteiger partial charge in [0.2, 0.25) is 11.8 Å². The number of hydrogen-bond donors (Lipinski definition) is 1. The minimum Gasteiger partial charge on any atom is -0.326 e. The van der Waals surface area contributed by atoms with E-state index in [0.29, 0.717) is 22.3 Å². The fraction of sp³-hybridized carbons (Fsp3) is 0.263. The Kier molecular flexibility index (Phi) is 5.02. The Labute approximate surface area is 156 Å². The van der Waals surface area contributed by atoms with E-state index < -0.39 is 5.92 Å². The molecular formula is C19H18Cl2N2O2. The van der Waals surface area contributed by atoms with Gasteiger partial charge in [-0.3, -0.25) is 9.59 Å². The maximum atomic E-state index is 12.5. The minimum atomic E-state index is -0.401. The summed E-state index contributed by atoms with van der Waals surface area (Å²) in [5.41, 5.74) is 3.61. The molecule has 1 atom stereocenters. The number of nitrogens with zero attached hydrogens (tertiary/aromatic N) is 1. The quantitative estimate of drug-likeness (QED) is 0.850. The topological polar surface area (TPSA) is 49.4 Å². The van der Waals surface area contributed by atoms with Crippen molar-refractivity contribution in [1.29, 1.82) is 0 Å². The van der Waals surface area contributed by atoms with Crippen LogP contribution >= 0.6 is 23.2 Å². The van der Waals surface area contributed by atoms with Gasteiger partial charge in [0.1, 0.15) is 0 Å². The average molecular weight is 377 g/mol. The summed E-state index contributed by atoms with van der Waals surface area (Å²) in [6, 6.07) is 10.8. The molecule has 1 N–H and O–H groups in total. The van der Waals surface area contributed by atoms with Gasteiger partial charge >= 0.3 is 0 Å². The lowest BCUT2D eigenvalue weighted by atomic mass is 10.1. The van der Waals surface area contributed by atoms with Gasteiger partial charge in [0.05, 0.1) is 16.0 Å². The number of rotatable bonds is 3. The molecule has 0 aliphatic carbocycles. The first kappa shape index (κ1) is 17.8. The predicted octanol–water partition coefficient (Wildman–Crippen LogP) is 4.60.